The van der Waals surface area contributed by atoms with Gasteiger partial charge in [0, 0.05) is 0 Å². The second-order valence-electron chi connectivity index (χ2n) is 11.1. The summed E-state index contributed by atoms with van der Waals surface area (Å²) in [4.78, 5) is 23.9. The first-order chi connectivity index (χ1) is 15.3. The normalized spacial score (nSPS) is 19.9. The van der Waals surface area contributed by atoms with Gasteiger partial charge in [0.05, 0.1) is 11.8 Å². The second-order valence-corrected chi connectivity index (χ2v) is 11.1. The molecule has 1 rings (SSSR count). The number of carbonyl (C=O) groups excluding carboxylic acids is 1. The van der Waals surface area contributed by atoms with Gasteiger partial charge in [-0.25, -0.2) is 0 Å². The summed E-state index contributed by atoms with van der Waals surface area (Å²) < 4.78 is 6.00. The smallest absolute Gasteiger partial charge is 0.309 e. The molecule has 1 aliphatic carbocycles. The highest BCUT2D eigenvalue weighted by Crippen LogP contribution is 2.30. The van der Waals surface area contributed by atoms with Crippen molar-refractivity contribution in [2.75, 3.05) is 0 Å². The molecule has 0 aromatic heterocycles. The summed E-state index contributed by atoms with van der Waals surface area (Å²) >= 11 is 0. The first-order valence-corrected chi connectivity index (χ1v) is 13.7. The third-order valence-electron chi connectivity index (χ3n) is 7.06. The average Bonchev–Trinajstić information content (AvgIpc) is 2.74. The Balaban J connectivity index is 2.34. The molecule has 0 saturated heterocycles. The van der Waals surface area contributed by atoms with E-state index in [1.807, 2.05) is 0 Å². The van der Waals surface area contributed by atoms with Crippen molar-refractivity contribution in [2.45, 2.75) is 143 Å². The molecule has 0 spiro atoms. The molecule has 32 heavy (non-hydrogen) atoms. The molecule has 0 amide bonds. The minimum absolute atomic E-state index is 0.0414. The van der Waals surface area contributed by atoms with Crippen molar-refractivity contribution in [3.63, 3.8) is 0 Å². The van der Waals surface area contributed by atoms with E-state index in [9.17, 15) is 14.7 Å². The van der Waals surface area contributed by atoms with Gasteiger partial charge in [0.25, 0.3) is 0 Å². The van der Waals surface area contributed by atoms with Crippen LogP contribution in [0.25, 0.3) is 0 Å². The summed E-state index contributed by atoms with van der Waals surface area (Å²) in [6, 6.07) is 0. The molecule has 1 aliphatic rings. The third kappa shape index (κ3) is 14.2. The lowest BCUT2D eigenvalue weighted by Crippen LogP contribution is -2.29. The number of hydrogen-bond acceptors (Lipinski definition) is 3. The molecule has 0 aromatic rings. The van der Waals surface area contributed by atoms with Crippen molar-refractivity contribution in [2.24, 2.45) is 23.7 Å². The molecule has 0 radical (unpaired) electrons. The highest BCUT2D eigenvalue weighted by Gasteiger charge is 2.31. The highest BCUT2D eigenvalue weighted by atomic mass is 16.5. The van der Waals surface area contributed by atoms with Gasteiger partial charge in [-0.05, 0) is 63.2 Å². The Morgan fingerprint density at radius 2 is 1.03 bits per heavy atom. The number of hydrogen-bond donors (Lipinski definition) is 1. The van der Waals surface area contributed by atoms with Gasteiger partial charge < -0.3 is 9.84 Å². The van der Waals surface area contributed by atoms with Gasteiger partial charge in [-0.1, -0.05) is 85.5 Å². The number of rotatable bonds is 18. The molecule has 1 saturated carbocycles. The Morgan fingerprint density at radius 1 is 0.656 bits per heavy atom. The zero-order valence-electron chi connectivity index (χ0n) is 21.6. The van der Waals surface area contributed by atoms with Gasteiger partial charge in [-0.3, -0.25) is 9.59 Å². The van der Waals surface area contributed by atoms with Crippen molar-refractivity contribution >= 4 is 11.9 Å². The van der Waals surface area contributed by atoms with Crippen molar-refractivity contribution in [3.8, 4) is 0 Å². The van der Waals surface area contributed by atoms with E-state index in [4.69, 9.17) is 4.74 Å². The minimum Gasteiger partial charge on any atom is -0.481 e. The maximum absolute atomic E-state index is 12.8. The molecule has 1 fully saturated rings. The fourth-order valence-corrected chi connectivity index (χ4v) is 4.83. The Morgan fingerprint density at radius 3 is 1.47 bits per heavy atom. The number of aliphatic carboxylic acids is 1. The van der Waals surface area contributed by atoms with Crippen molar-refractivity contribution < 1.29 is 19.4 Å². The lowest BCUT2D eigenvalue weighted by Gasteiger charge is -2.27. The zero-order valence-corrected chi connectivity index (χ0v) is 21.6. The molecule has 4 heteroatoms. The lowest BCUT2D eigenvalue weighted by molar-refractivity contribution is -0.158. The number of carboxylic acids is 1. The fourth-order valence-electron chi connectivity index (χ4n) is 4.83. The molecule has 0 bridgehead atoms. The summed E-state index contributed by atoms with van der Waals surface area (Å²) in [5.74, 6) is 0.386. The van der Waals surface area contributed by atoms with E-state index < -0.39 is 5.97 Å². The first kappa shape index (κ1) is 29.0. The van der Waals surface area contributed by atoms with Crippen LogP contribution in [0.2, 0.25) is 0 Å². The predicted molar refractivity (Wildman–Crippen MR) is 133 cm³/mol. The topological polar surface area (TPSA) is 63.6 Å². The Bertz CT molecular complexity index is 492. The molecule has 4 nitrogen and oxygen atoms in total. The highest BCUT2D eigenvalue weighted by molar-refractivity contribution is 5.74. The second kappa shape index (κ2) is 17.4. The van der Waals surface area contributed by atoms with Crippen LogP contribution in [0.5, 0.6) is 0 Å². The Kier molecular flexibility index (Phi) is 15.8. The van der Waals surface area contributed by atoms with Gasteiger partial charge >= 0.3 is 11.9 Å². The quantitative estimate of drug-likeness (QED) is 0.168. The van der Waals surface area contributed by atoms with E-state index in [1.165, 1.54) is 57.8 Å². The Labute approximate surface area is 198 Å². The van der Waals surface area contributed by atoms with Gasteiger partial charge in [0.1, 0.15) is 6.10 Å². The number of ether oxygens (including phenoxy) is 1. The van der Waals surface area contributed by atoms with Crippen LogP contribution >= 0.6 is 0 Å². The molecule has 1 unspecified atom stereocenters. The number of carboxylic acid groups (broad SMARTS) is 1. The van der Waals surface area contributed by atoms with Gasteiger partial charge in [-0.2, -0.15) is 0 Å². The molecular formula is C28H52O4. The van der Waals surface area contributed by atoms with E-state index in [2.05, 4.69) is 27.7 Å². The van der Waals surface area contributed by atoms with Gasteiger partial charge in [-0.15, -0.1) is 0 Å². The van der Waals surface area contributed by atoms with E-state index in [1.54, 1.807) is 0 Å². The predicted octanol–water partition coefficient (Wildman–Crippen LogP) is 8.17. The van der Waals surface area contributed by atoms with E-state index in [-0.39, 0.29) is 23.9 Å². The van der Waals surface area contributed by atoms with Crippen LogP contribution in [0, 0.1) is 23.7 Å². The molecular weight excluding hydrogens is 400 g/mol. The minimum atomic E-state index is -0.722. The van der Waals surface area contributed by atoms with E-state index >= 15 is 0 Å². The molecule has 0 aromatic carbocycles. The van der Waals surface area contributed by atoms with Crippen LogP contribution in [0.3, 0.4) is 0 Å². The van der Waals surface area contributed by atoms with E-state index in [0.29, 0.717) is 25.7 Å². The number of esters is 1. The molecule has 1 atom stereocenters. The van der Waals surface area contributed by atoms with Crippen LogP contribution in [-0.4, -0.2) is 23.1 Å². The molecule has 0 heterocycles. The van der Waals surface area contributed by atoms with Crippen LogP contribution in [0.15, 0.2) is 0 Å². The zero-order chi connectivity index (χ0) is 23.8. The van der Waals surface area contributed by atoms with Crippen molar-refractivity contribution in [1.29, 1.82) is 0 Å². The fraction of sp³-hybridized carbons (Fsp3) is 0.929. The SMILES string of the molecule is CC(C)CCCCCCCCC(CCCCCC(C)C)OC(=O)C1CCC(C(=O)O)CC1. The van der Waals surface area contributed by atoms with Crippen molar-refractivity contribution in [3.05, 3.63) is 0 Å². The molecule has 1 N–H and O–H groups in total. The largest absolute Gasteiger partial charge is 0.481 e. The average molecular weight is 453 g/mol. The van der Waals surface area contributed by atoms with Gasteiger partial charge in [0.2, 0.25) is 0 Å². The molecule has 188 valence electrons. The summed E-state index contributed by atoms with van der Waals surface area (Å²) in [5.41, 5.74) is 0. The maximum atomic E-state index is 12.8. The van der Waals surface area contributed by atoms with Crippen LogP contribution in [0.1, 0.15) is 137 Å². The van der Waals surface area contributed by atoms with Gasteiger partial charge in [0.15, 0.2) is 0 Å². The third-order valence-corrected chi connectivity index (χ3v) is 7.06. The summed E-state index contributed by atoms with van der Waals surface area (Å²) in [6.07, 6.45) is 18.4. The summed E-state index contributed by atoms with van der Waals surface area (Å²) in [6.45, 7) is 9.13. The van der Waals surface area contributed by atoms with Crippen LogP contribution < -0.4 is 0 Å². The van der Waals surface area contributed by atoms with Crippen LogP contribution in [-0.2, 0) is 14.3 Å². The first-order valence-electron chi connectivity index (χ1n) is 13.7. The number of carbonyl (C=O) groups is 2. The summed E-state index contributed by atoms with van der Waals surface area (Å²) in [7, 11) is 0. The molecule has 0 aliphatic heterocycles. The summed E-state index contributed by atoms with van der Waals surface area (Å²) in [5, 5.41) is 9.18. The van der Waals surface area contributed by atoms with E-state index in [0.717, 1.165) is 37.5 Å². The van der Waals surface area contributed by atoms with Crippen molar-refractivity contribution in [1.82, 2.24) is 0 Å². The lowest BCUT2D eigenvalue weighted by atomic mass is 9.82. The Hall–Kier alpha value is -1.06. The standard InChI is InChI=1S/C28H52O4/c1-22(2)14-10-7-5-6-8-12-16-26(17-13-9-11-15-23(3)4)32-28(31)25-20-18-24(19-21-25)27(29)30/h22-26H,5-21H2,1-4H3,(H,29,30). The monoisotopic (exact) mass is 452 g/mol. The number of unbranched alkanes of at least 4 members (excludes halogenated alkanes) is 7. The maximum Gasteiger partial charge on any atom is 0.309 e. The van der Waals surface area contributed by atoms with Crippen LogP contribution in [0.4, 0.5) is 0 Å².